The van der Waals surface area contributed by atoms with Crippen molar-refractivity contribution in [2.45, 2.75) is 32.2 Å². The highest BCUT2D eigenvalue weighted by atomic mass is 16.6. The number of amides is 1. The van der Waals surface area contributed by atoms with Gasteiger partial charge < -0.3 is 25.1 Å². The summed E-state index contributed by atoms with van der Waals surface area (Å²) in [4.78, 5) is 19.9. The van der Waals surface area contributed by atoms with Crippen LogP contribution in [0.4, 0.5) is 17.2 Å². The molecule has 0 saturated heterocycles. The number of anilines is 3. The van der Waals surface area contributed by atoms with Gasteiger partial charge in [-0.3, -0.25) is 4.79 Å². The fourth-order valence-electron chi connectivity index (χ4n) is 4.23. The van der Waals surface area contributed by atoms with E-state index < -0.39 is 0 Å². The molecule has 154 valence electrons. The zero-order valence-corrected chi connectivity index (χ0v) is 16.7. The molecule has 2 aromatic rings. The SMILES string of the molecule is N=C1CCC(C(=O)N2Cc3cccnc3Nc3ccc(C4=COCCO4)cc32)CC1. The maximum Gasteiger partial charge on any atom is 0.230 e. The molecule has 7 heteroatoms. The van der Waals surface area contributed by atoms with Gasteiger partial charge in [0.2, 0.25) is 5.91 Å². The fraction of sp³-hybridized carbons (Fsp3) is 0.348. The summed E-state index contributed by atoms with van der Waals surface area (Å²) in [6.07, 6.45) is 6.25. The van der Waals surface area contributed by atoms with Crippen LogP contribution in [-0.2, 0) is 20.8 Å². The van der Waals surface area contributed by atoms with Crippen molar-refractivity contribution in [1.82, 2.24) is 4.98 Å². The number of nitrogens with zero attached hydrogens (tertiary/aromatic N) is 2. The molecule has 1 fully saturated rings. The number of hydrogen-bond acceptors (Lipinski definition) is 6. The quantitative estimate of drug-likeness (QED) is 0.782. The number of nitrogens with one attached hydrogen (secondary N) is 2. The second-order valence-corrected chi connectivity index (χ2v) is 7.87. The van der Waals surface area contributed by atoms with E-state index in [1.165, 1.54) is 0 Å². The van der Waals surface area contributed by atoms with Crippen LogP contribution in [0.2, 0.25) is 0 Å². The third-order valence-electron chi connectivity index (χ3n) is 5.90. The van der Waals surface area contributed by atoms with Gasteiger partial charge in [-0.25, -0.2) is 4.98 Å². The molecule has 1 aromatic carbocycles. The van der Waals surface area contributed by atoms with Gasteiger partial charge >= 0.3 is 0 Å². The van der Waals surface area contributed by atoms with Crippen molar-refractivity contribution in [2.75, 3.05) is 23.4 Å². The van der Waals surface area contributed by atoms with Gasteiger partial charge in [0.05, 0.1) is 17.9 Å². The van der Waals surface area contributed by atoms with E-state index in [0.29, 0.717) is 38.4 Å². The van der Waals surface area contributed by atoms with Gasteiger partial charge in [0, 0.05) is 29.0 Å². The molecule has 2 N–H and O–H groups in total. The van der Waals surface area contributed by atoms with Crippen LogP contribution in [0.25, 0.3) is 5.76 Å². The van der Waals surface area contributed by atoms with E-state index in [9.17, 15) is 4.79 Å². The Morgan fingerprint density at radius 1 is 1.20 bits per heavy atom. The van der Waals surface area contributed by atoms with Crippen LogP contribution >= 0.6 is 0 Å². The van der Waals surface area contributed by atoms with Crippen LogP contribution in [0.3, 0.4) is 0 Å². The Labute approximate surface area is 175 Å². The second-order valence-electron chi connectivity index (χ2n) is 7.87. The van der Waals surface area contributed by atoms with Crippen LogP contribution in [0.15, 0.2) is 42.8 Å². The smallest absolute Gasteiger partial charge is 0.230 e. The summed E-state index contributed by atoms with van der Waals surface area (Å²) in [5, 5.41) is 11.3. The van der Waals surface area contributed by atoms with E-state index in [1.807, 2.05) is 35.2 Å². The minimum absolute atomic E-state index is 0.0673. The first-order valence-electron chi connectivity index (χ1n) is 10.4. The van der Waals surface area contributed by atoms with Crippen molar-refractivity contribution in [3.63, 3.8) is 0 Å². The van der Waals surface area contributed by atoms with Crippen molar-refractivity contribution in [1.29, 1.82) is 5.41 Å². The molecule has 0 bridgehead atoms. The van der Waals surface area contributed by atoms with Crippen LogP contribution in [0.1, 0.15) is 36.8 Å². The number of carbonyl (C=O) groups excluding carboxylic acids is 1. The Kier molecular flexibility index (Phi) is 4.86. The Morgan fingerprint density at radius 3 is 2.87 bits per heavy atom. The lowest BCUT2D eigenvalue weighted by molar-refractivity contribution is -0.123. The molecule has 5 rings (SSSR count). The van der Waals surface area contributed by atoms with Gasteiger partial charge in [0.25, 0.3) is 0 Å². The standard InChI is InChI=1S/C23H24N4O3/c24-18-6-3-15(4-7-18)23(28)27-13-17-2-1-9-25-22(17)26-19-8-5-16(12-20(19)27)21-14-29-10-11-30-21/h1-2,5,8-9,12,14-15,24H,3-4,6-7,10-11,13H2,(H,25,26). The zero-order valence-electron chi connectivity index (χ0n) is 16.7. The van der Waals surface area contributed by atoms with E-state index >= 15 is 0 Å². The fourth-order valence-corrected chi connectivity index (χ4v) is 4.23. The van der Waals surface area contributed by atoms with Gasteiger partial charge in [-0.2, -0.15) is 0 Å². The molecule has 3 heterocycles. The highest BCUT2D eigenvalue weighted by molar-refractivity contribution is 6.01. The molecule has 3 aliphatic rings. The van der Waals surface area contributed by atoms with Gasteiger partial charge in [-0.05, 0) is 49.9 Å². The maximum atomic E-state index is 13.6. The lowest BCUT2D eigenvalue weighted by Crippen LogP contribution is -2.37. The van der Waals surface area contributed by atoms with Crippen molar-refractivity contribution < 1.29 is 14.3 Å². The molecule has 0 atom stereocenters. The van der Waals surface area contributed by atoms with Crippen LogP contribution in [0, 0.1) is 11.3 Å². The molecule has 1 amide bonds. The largest absolute Gasteiger partial charge is 0.494 e. The molecule has 1 saturated carbocycles. The number of hydrogen-bond donors (Lipinski definition) is 2. The Bertz CT molecular complexity index is 1020. The average Bonchev–Trinajstić information content (AvgIpc) is 2.96. The first kappa shape index (κ1) is 18.7. The Balaban J connectivity index is 1.55. The van der Waals surface area contributed by atoms with Crippen molar-refractivity contribution in [3.05, 3.63) is 53.9 Å². The second kappa shape index (κ2) is 7.82. The lowest BCUT2D eigenvalue weighted by Gasteiger charge is -2.30. The molecule has 1 aliphatic carbocycles. The number of pyridine rings is 1. The normalized spacial score (nSPS) is 20.5. The third kappa shape index (κ3) is 3.51. The molecule has 2 aliphatic heterocycles. The minimum atomic E-state index is -0.0673. The zero-order chi connectivity index (χ0) is 20.5. The van der Waals surface area contributed by atoms with Crippen LogP contribution in [-0.4, -0.2) is 29.8 Å². The number of ether oxygens (including phenoxy) is 2. The number of fused-ring (bicyclic) bond motifs is 2. The van der Waals surface area contributed by atoms with Crippen molar-refractivity contribution in [2.24, 2.45) is 5.92 Å². The van der Waals surface area contributed by atoms with Gasteiger partial charge in [-0.15, -0.1) is 0 Å². The average molecular weight is 404 g/mol. The summed E-state index contributed by atoms with van der Waals surface area (Å²) >= 11 is 0. The summed E-state index contributed by atoms with van der Waals surface area (Å²) in [5.41, 5.74) is 4.24. The predicted octanol–water partition coefficient (Wildman–Crippen LogP) is 4.23. The van der Waals surface area contributed by atoms with E-state index in [2.05, 4.69) is 10.3 Å². The molecule has 30 heavy (non-hydrogen) atoms. The number of aromatic nitrogens is 1. The summed E-state index contributed by atoms with van der Waals surface area (Å²) in [6.45, 7) is 1.50. The van der Waals surface area contributed by atoms with E-state index in [1.54, 1.807) is 12.5 Å². The van der Waals surface area contributed by atoms with Crippen LogP contribution in [0.5, 0.6) is 0 Å². The van der Waals surface area contributed by atoms with Crippen molar-refractivity contribution >= 4 is 34.6 Å². The van der Waals surface area contributed by atoms with Gasteiger partial charge in [-0.1, -0.05) is 6.07 Å². The number of benzene rings is 1. The first-order valence-corrected chi connectivity index (χ1v) is 10.4. The summed E-state index contributed by atoms with van der Waals surface area (Å²) in [5.74, 6) is 1.47. The lowest BCUT2D eigenvalue weighted by atomic mass is 9.87. The molecule has 1 aromatic heterocycles. The molecule has 7 nitrogen and oxygen atoms in total. The number of carbonyl (C=O) groups is 1. The molecule has 0 radical (unpaired) electrons. The molecular weight excluding hydrogens is 380 g/mol. The highest BCUT2D eigenvalue weighted by Gasteiger charge is 2.32. The van der Waals surface area contributed by atoms with Crippen LogP contribution < -0.4 is 10.2 Å². The van der Waals surface area contributed by atoms with Crippen molar-refractivity contribution in [3.8, 4) is 0 Å². The first-order chi connectivity index (χ1) is 14.7. The highest BCUT2D eigenvalue weighted by Crippen LogP contribution is 2.39. The summed E-state index contributed by atoms with van der Waals surface area (Å²) in [6, 6.07) is 9.80. The maximum absolute atomic E-state index is 13.6. The topological polar surface area (TPSA) is 87.5 Å². The summed E-state index contributed by atoms with van der Waals surface area (Å²) in [7, 11) is 0. The van der Waals surface area contributed by atoms with E-state index in [4.69, 9.17) is 14.9 Å². The predicted molar refractivity (Wildman–Crippen MR) is 115 cm³/mol. The van der Waals surface area contributed by atoms with E-state index in [-0.39, 0.29) is 11.8 Å². The van der Waals surface area contributed by atoms with Gasteiger partial charge in [0.15, 0.2) is 5.76 Å². The minimum Gasteiger partial charge on any atom is -0.494 e. The van der Waals surface area contributed by atoms with Gasteiger partial charge in [0.1, 0.15) is 25.3 Å². The monoisotopic (exact) mass is 404 g/mol. The number of rotatable bonds is 2. The Morgan fingerprint density at radius 2 is 2.07 bits per heavy atom. The molecule has 0 unspecified atom stereocenters. The molecule has 0 spiro atoms. The van der Waals surface area contributed by atoms with E-state index in [0.717, 1.165) is 46.9 Å². The Hall–Kier alpha value is -3.35. The third-order valence-corrected chi connectivity index (χ3v) is 5.90. The summed E-state index contributed by atoms with van der Waals surface area (Å²) < 4.78 is 11.2. The molecular formula is C23H24N4O3.